The molecule has 1 fully saturated rings. The van der Waals surface area contributed by atoms with Gasteiger partial charge in [-0.05, 0) is 50.3 Å². The van der Waals surface area contributed by atoms with Crippen LogP contribution in [0, 0.1) is 11.7 Å². The Bertz CT molecular complexity index is 558. The standard InChI is InChI=1S/C18H27FN4O/c1-2-20-18(23-12-11-21-17(24)15-8-9-15)22-10-4-6-14-5-3-7-16(19)13-14/h3,5,7,13,15H,2,4,6,8-12H2,1H3,(H,21,24)(H2,20,22,23). The van der Waals surface area contributed by atoms with Crippen LogP contribution in [0.5, 0.6) is 0 Å². The Morgan fingerprint density at radius 1 is 1.25 bits per heavy atom. The quantitative estimate of drug-likeness (QED) is 0.367. The Kier molecular flexibility index (Phi) is 7.52. The zero-order valence-corrected chi connectivity index (χ0v) is 14.3. The van der Waals surface area contributed by atoms with E-state index in [2.05, 4.69) is 20.9 Å². The third kappa shape index (κ3) is 6.98. The van der Waals surface area contributed by atoms with Gasteiger partial charge in [0.05, 0.1) is 0 Å². The summed E-state index contributed by atoms with van der Waals surface area (Å²) < 4.78 is 13.1. The number of aliphatic imine (C=N–C) groups is 1. The number of nitrogens with one attached hydrogen (secondary N) is 3. The van der Waals surface area contributed by atoms with E-state index >= 15 is 0 Å². The molecule has 0 unspecified atom stereocenters. The predicted molar refractivity (Wildman–Crippen MR) is 94.4 cm³/mol. The summed E-state index contributed by atoms with van der Waals surface area (Å²) >= 11 is 0. The van der Waals surface area contributed by atoms with Crippen LogP contribution in [-0.2, 0) is 11.2 Å². The van der Waals surface area contributed by atoms with Crippen molar-refractivity contribution < 1.29 is 9.18 Å². The van der Waals surface area contributed by atoms with Crippen LogP contribution in [0.1, 0.15) is 31.7 Å². The zero-order valence-electron chi connectivity index (χ0n) is 14.3. The molecule has 6 heteroatoms. The van der Waals surface area contributed by atoms with Crippen LogP contribution in [0.15, 0.2) is 29.3 Å². The molecule has 1 aromatic carbocycles. The molecule has 0 aliphatic heterocycles. The SMILES string of the molecule is CCNC(=NCCCc1cccc(F)c1)NCCNC(=O)C1CC1. The average Bonchev–Trinajstić information content (AvgIpc) is 3.40. The Hall–Kier alpha value is -2.11. The van der Waals surface area contributed by atoms with Crippen molar-refractivity contribution >= 4 is 11.9 Å². The van der Waals surface area contributed by atoms with Crippen molar-refractivity contribution in [2.45, 2.75) is 32.6 Å². The van der Waals surface area contributed by atoms with Gasteiger partial charge in [-0.1, -0.05) is 12.1 Å². The number of benzene rings is 1. The topological polar surface area (TPSA) is 65.5 Å². The van der Waals surface area contributed by atoms with Crippen LogP contribution in [0.2, 0.25) is 0 Å². The predicted octanol–water partition coefficient (Wildman–Crippen LogP) is 1.84. The highest BCUT2D eigenvalue weighted by Crippen LogP contribution is 2.28. The van der Waals surface area contributed by atoms with E-state index in [-0.39, 0.29) is 17.6 Å². The van der Waals surface area contributed by atoms with Gasteiger partial charge < -0.3 is 16.0 Å². The number of carbonyl (C=O) groups is 1. The molecule has 1 aliphatic carbocycles. The van der Waals surface area contributed by atoms with Gasteiger partial charge in [0, 0.05) is 32.1 Å². The van der Waals surface area contributed by atoms with Gasteiger partial charge in [-0.15, -0.1) is 0 Å². The molecule has 0 saturated heterocycles. The summed E-state index contributed by atoms with van der Waals surface area (Å²) in [6.07, 6.45) is 3.71. The molecule has 0 atom stereocenters. The van der Waals surface area contributed by atoms with Crippen molar-refractivity contribution in [1.29, 1.82) is 0 Å². The number of rotatable bonds is 9. The molecule has 0 radical (unpaired) electrons. The van der Waals surface area contributed by atoms with Crippen molar-refractivity contribution in [2.24, 2.45) is 10.9 Å². The molecule has 0 aromatic heterocycles. The van der Waals surface area contributed by atoms with E-state index in [0.29, 0.717) is 19.6 Å². The molecule has 0 spiro atoms. The minimum absolute atomic E-state index is 0.161. The fourth-order valence-electron chi connectivity index (χ4n) is 2.36. The van der Waals surface area contributed by atoms with Crippen molar-refractivity contribution in [2.75, 3.05) is 26.2 Å². The molecule has 1 aliphatic rings. The summed E-state index contributed by atoms with van der Waals surface area (Å²) in [5, 5.41) is 9.30. The largest absolute Gasteiger partial charge is 0.357 e. The maximum Gasteiger partial charge on any atom is 0.223 e. The summed E-state index contributed by atoms with van der Waals surface area (Å²) in [6, 6.07) is 6.68. The number of nitrogens with zero attached hydrogens (tertiary/aromatic N) is 1. The van der Waals surface area contributed by atoms with Gasteiger partial charge in [0.2, 0.25) is 5.91 Å². The Morgan fingerprint density at radius 2 is 2.04 bits per heavy atom. The highest BCUT2D eigenvalue weighted by atomic mass is 19.1. The van der Waals surface area contributed by atoms with Gasteiger partial charge in [0.1, 0.15) is 5.82 Å². The van der Waals surface area contributed by atoms with Crippen molar-refractivity contribution in [3.8, 4) is 0 Å². The Morgan fingerprint density at radius 3 is 2.75 bits per heavy atom. The van der Waals surface area contributed by atoms with E-state index in [0.717, 1.165) is 43.8 Å². The molecule has 5 nitrogen and oxygen atoms in total. The first kappa shape index (κ1) is 18.2. The van der Waals surface area contributed by atoms with Crippen molar-refractivity contribution in [3.05, 3.63) is 35.6 Å². The second-order valence-corrected chi connectivity index (χ2v) is 5.99. The molecular formula is C18H27FN4O. The summed E-state index contributed by atoms with van der Waals surface area (Å²) in [5.41, 5.74) is 0.992. The lowest BCUT2D eigenvalue weighted by atomic mass is 10.1. The first-order chi connectivity index (χ1) is 11.7. The van der Waals surface area contributed by atoms with E-state index in [4.69, 9.17) is 0 Å². The van der Waals surface area contributed by atoms with Crippen LogP contribution >= 0.6 is 0 Å². The van der Waals surface area contributed by atoms with Gasteiger partial charge in [-0.3, -0.25) is 9.79 Å². The molecule has 2 rings (SSSR count). The minimum atomic E-state index is -0.195. The number of hydrogen-bond acceptors (Lipinski definition) is 2. The number of aryl methyl sites for hydroxylation is 1. The van der Waals surface area contributed by atoms with Crippen molar-refractivity contribution in [3.63, 3.8) is 0 Å². The lowest BCUT2D eigenvalue weighted by molar-refractivity contribution is -0.122. The van der Waals surface area contributed by atoms with Gasteiger partial charge in [0.25, 0.3) is 0 Å². The van der Waals surface area contributed by atoms with Gasteiger partial charge in [0.15, 0.2) is 5.96 Å². The van der Waals surface area contributed by atoms with Crippen LogP contribution < -0.4 is 16.0 Å². The average molecular weight is 334 g/mol. The molecule has 1 saturated carbocycles. The maximum absolute atomic E-state index is 13.1. The lowest BCUT2D eigenvalue weighted by Crippen LogP contribution is -2.41. The van der Waals surface area contributed by atoms with Crippen LogP contribution in [0.25, 0.3) is 0 Å². The smallest absolute Gasteiger partial charge is 0.223 e. The lowest BCUT2D eigenvalue weighted by Gasteiger charge is -2.11. The van der Waals surface area contributed by atoms with Gasteiger partial charge in [-0.25, -0.2) is 4.39 Å². The van der Waals surface area contributed by atoms with E-state index < -0.39 is 0 Å². The summed E-state index contributed by atoms with van der Waals surface area (Å²) in [7, 11) is 0. The highest BCUT2D eigenvalue weighted by Gasteiger charge is 2.28. The second kappa shape index (κ2) is 9.90. The molecule has 1 amide bonds. The molecular weight excluding hydrogens is 307 g/mol. The van der Waals surface area contributed by atoms with Gasteiger partial charge >= 0.3 is 0 Å². The molecule has 132 valence electrons. The molecule has 0 heterocycles. The number of amides is 1. The summed E-state index contributed by atoms with van der Waals surface area (Å²) in [6.45, 7) is 4.71. The molecule has 0 bridgehead atoms. The highest BCUT2D eigenvalue weighted by molar-refractivity contribution is 5.81. The third-order valence-electron chi connectivity index (χ3n) is 3.79. The van der Waals surface area contributed by atoms with Crippen LogP contribution in [0.4, 0.5) is 4.39 Å². The van der Waals surface area contributed by atoms with Crippen molar-refractivity contribution in [1.82, 2.24) is 16.0 Å². The fourth-order valence-corrected chi connectivity index (χ4v) is 2.36. The summed E-state index contributed by atoms with van der Waals surface area (Å²) in [4.78, 5) is 16.0. The third-order valence-corrected chi connectivity index (χ3v) is 3.79. The number of halogens is 1. The summed E-state index contributed by atoms with van der Waals surface area (Å²) in [5.74, 6) is 0.959. The number of hydrogen-bond donors (Lipinski definition) is 3. The normalized spacial score (nSPS) is 14.3. The van der Waals surface area contributed by atoms with Crippen LogP contribution in [0.3, 0.4) is 0 Å². The van der Waals surface area contributed by atoms with E-state index in [1.807, 2.05) is 13.0 Å². The first-order valence-electron chi connectivity index (χ1n) is 8.73. The Labute approximate surface area is 143 Å². The molecule has 24 heavy (non-hydrogen) atoms. The monoisotopic (exact) mass is 334 g/mol. The molecule has 1 aromatic rings. The Balaban J connectivity index is 1.64. The maximum atomic E-state index is 13.1. The fraction of sp³-hybridized carbons (Fsp3) is 0.556. The van der Waals surface area contributed by atoms with E-state index in [1.165, 1.54) is 6.07 Å². The van der Waals surface area contributed by atoms with E-state index in [1.54, 1.807) is 12.1 Å². The zero-order chi connectivity index (χ0) is 17.2. The first-order valence-corrected chi connectivity index (χ1v) is 8.73. The number of carbonyl (C=O) groups excluding carboxylic acids is 1. The van der Waals surface area contributed by atoms with Gasteiger partial charge in [-0.2, -0.15) is 0 Å². The number of guanidine groups is 1. The van der Waals surface area contributed by atoms with Crippen LogP contribution in [-0.4, -0.2) is 38.0 Å². The minimum Gasteiger partial charge on any atom is -0.357 e. The van der Waals surface area contributed by atoms with E-state index in [9.17, 15) is 9.18 Å². The second-order valence-electron chi connectivity index (χ2n) is 5.99. The molecule has 3 N–H and O–H groups in total.